The summed E-state index contributed by atoms with van der Waals surface area (Å²) in [4.78, 5) is 14.0. The zero-order valence-electron chi connectivity index (χ0n) is 10.3. The minimum atomic E-state index is 0.0908. The molecule has 2 heterocycles. The van der Waals surface area contributed by atoms with Crippen molar-refractivity contribution in [3.63, 3.8) is 0 Å². The zero-order chi connectivity index (χ0) is 12.3. The summed E-state index contributed by atoms with van der Waals surface area (Å²) in [5, 5.41) is 0. The number of carbonyl (C=O) groups is 1. The Labute approximate surface area is 102 Å². The zero-order valence-corrected chi connectivity index (χ0v) is 10.3. The standard InChI is InChI=1S/C13H20N2O2/c1-10-8-12(9-17-10)13(16)15-6-3-11(2-5-14)4-7-15/h8-9,11H,2-7,14H2,1H3. The molecule has 17 heavy (non-hydrogen) atoms. The van der Waals surface area contributed by atoms with Gasteiger partial charge in [0.15, 0.2) is 0 Å². The molecule has 94 valence electrons. The lowest BCUT2D eigenvalue weighted by molar-refractivity contribution is 0.0687. The molecule has 1 aromatic heterocycles. The largest absolute Gasteiger partial charge is 0.469 e. The third-order valence-corrected chi connectivity index (χ3v) is 3.45. The minimum absolute atomic E-state index is 0.0908. The van der Waals surface area contributed by atoms with E-state index in [1.54, 1.807) is 12.3 Å². The number of amides is 1. The third kappa shape index (κ3) is 2.88. The molecule has 0 bridgehead atoms. The van der Waals surface area contributed by atoms with E-state index in [0.29, 0.717) is 11.5 Å². The van der Waals surface area contributed by atoms with E-state index >= 15 is 0 Å². The number of carbonyl (C=O) groups excluding carboxylic acids is 1. The van der Waals surface area contributed by atoms with Crippen LogP contribution in [0.2, 0.25) is 0 Å². The maximum atomic E-state index is 12.1. The summed E-state index contributed by atoms with van der Waals surface area (Å²) in [6, 6.07) is 1.80. The topological polar surface area (TPSA) is 59.5 Å². The first-order valence-corrected chi connectivity index (χ1v) is 6.25. The average Bonchev–Trinajstić information content (AvgIpc) is 2.76. The van der Waals surface area contributed by atoms with Gasteiger partial charge in [-0.15, -0.1) is 0 Å². The van der Waals surface area contributed by atoms with Crippen LogP contribution in [-0.2, 0) is 0 Å². The van der Waals surface area contributed by atoms with Crippen molar-refractivity contribution in [1.82, 2.24) is 4.90 Å². The van der Waals surface area contributed by atoms with Gasteiger partial charge in [-0.1, -0.05) is 0 Å². The predicted molar refractivity (Wildman–Crippen MR) is 65.7 cm³/mol. The first-order valence-electron chi connectivity index (χ1n) is 6.25. The van der Waals surface area contributed by atoms with Crippen molar-refractivity contribution < 1.29 is 9.21 Å². The van der Waals surface area contributed by atoms with E-state index in [-0.39, 0.29) is 5.91 Å². The van der Waals surface area contributed by atoms with Gasteiger partial charge in [0.25, 0.3) is 5.91 Å². The lowest BCUT2D eigenvalue weighted by Gasteiger charge is -2.31. The highest BCUT2D eigenvalue weighted by Crippen LogP contribution is 2.21. The van der Waals surface area contributed by atoms with Crippen LogP contribution in [0.15, 0.2) is 16.7 Å². The van der Waals surface area contributed by atoms with Crippen LogP contribution in [0.25, 0.3) is 0 Å². The second kappa shape index (κ2) is 5.36. The van der Waals surface area contributed by atoms with Gasteiger partial charge < -0.3 is 15.1 Å². The SMILES string of the molecule is Cc1cc(C(=O)N2CCC(CCN)CC2)co1. The number of hydrogen-bond donors (Lipinski definition) is 1. The molecule has 1 amide bonds. The molecule has 0 atom stereocenters. The Bertz CT molecular complexity index is 379. The smallest absolute Gasteiger partial charge is 0.257 e. The summed E-state index contributed by atoms with van der Waals surface area (Å²) in [7, 11) is 0. The molecular weight excluding hydrogens is 216 g/mol. The van der Waals surface area contributed by atoms with Crippen molar-refractivity contribution in [2.75, 3.05) is 19.6 Å². The van der Waals surface area contributed by atoms with Crippen LogP contribution < -0.4 is 5.73 Å². The van der Waals surface area contributed by atoms with Gasteiger partial charge in [-0.05, 0) is 44.7 Å². The monoisotopic (exact) mass is 236 g/mol. The maximum absolute atomic E-state index is 12.1. The molecule has 0 aromatic carbocycles. The minimum Gasteiger partial charge on any atom is -0.469 e. The number of nitrogens with two attached hydrogens (primary N) is 1. The van der Waals surface area contributed by atoms with Crippen LogP contribution in [0.5, 0.6) is 0 Å². The van der Waals surface area contributed by atoms with Crippen molar-refractivity contribution in [2.24, 2.45) is 11.7 Å². The van der Waals surface area contributed by atoms with E-state index in [4.69, 9.17) is 10.2 Å². The molecule has 2 N–H and O–H groups in total. The number of aryl methyl sites for hydroxylation is 1. The normalized spacial score (nSPS) is 17.4. The number of likely N-dealkylation sites (tertiary alicyclic amines) is 1. The molecule has 1 aliphatic heterocycles. The summed E-state index contributed by atoms with van der Waals surface area (Å²) in [6.07, 6.45) is 4.76. The fourth-order valence-electron chi connectivity index (χ4n) is 2.40. The molecular formula is C13H20N2O2. The van der Waals surface area contributed by atoms with Gasteiger partial charge in [0.2, 0.25) is 0 Å². The predicted octanol–water partition coefficient (Wildman–Crippen LogP) is 1.79. The second-order valence-corrected chi connectivity index (χ2v) is 4.76. The molecule has 0 radical (unpaired) electrons. The van der Waals surface area contributed by atoms with Gasteiger partial charge in [-0.25, -0.2) is 0 Å². The fourth-order valence-corrected chi connectivity index (χ4v) is 2.40. The Kier molecular flexibility index (Phi) is 3.84. The van der Waals surface area contributed by atoms with E-state index in [0.717, 1.165) is 44.7 Å². The van der Waals surface area contributed by atoms with Gasteiger partial charge in [-0.3, -0.25) is 4.79 Å². The summed E-state index contributed by atoms with van der Waals surface area (Å²) in [5.74, 6) is 1.56. The molecule has 1 fully saturated rings. The molecule has 1 aliphatic rings. The highest BCUT2D eigenvalue weighted by molar-refractivity contribution is 5.94. The van der Waals surface area contributed by atoms with Crippen LogP contribution in [0.3, 0.4) is 0 Å². The van der Waals surface area contributed by atoms with Gasteiger partial charge in [-0.2, -0.15) is 0 Å². The Morgan fingerprint density at radius 3 is 2.76 bits per heavy atom. The molecule has 1 aromatic rings. The van der Waals surface area contributed by atoms with Crippen molar-refractivity contribution in [2.45, 2.75) is 26.2 Å². The van der Waals surface area contributed by atoms with E-state index in [9.17, 15) is 4.79 Å². The van der Waals surface area contributed by atoms with Crippen LogP contribution in [0.1, 0.15) is 35.4 Å². The number of nitrogens with zero attached hydrogens (tertiary/aromatic N) is 1. The van der Waals surface area contributed by atoms with Gasteiger partial charge in [0, 0.05) is 13.1 Å². The van der Waals surface area contributed by atoms with Crippen molar-refractivity contribution in [3.8, 4) is 0 Å². The van der Waals surface area contributed by atoms with Gasteiger partial charge in [0.05, 0.1) is 5.56 Å². The Balaban J connectivity index is 1.90. The molecule has 0 unspecified atom stereocenters. The summed E-state index contributed by atoms with van der Waals surface area (Å²) in [5.41, 5.74) is 6.22. The second-order valence-electron chi connectivity index (χ2n) is 4.76. The molecule has 1 saturated heterocycles. The van der Waals surface area contributed by atoms with Crippen molar-refractivity contribution in [3.05, 3.63) is 23.7 Å². The van der Waals surface area contributed by atoms with E-state index in [1.807, 2.05) is 11.8 Å². The molecule has 0 saturated carbocycles. The summed E-state index contributed by atoms with van der Waals surface area (Å²) in [6.45, 7) is 4.28. The highest BCUT2D eigenvalue weighted by atomic mass is 16.3. The van der Waals surface area contributed by atoms with Crippen LogP contribution >= 0.6 is 0 Å². The number of hydrogen-bond acceptors (Lipinski definition) is 3. The van der Waals surface area contributed by atoms with E-state index < -0.39 is 0 Å². The van der Waals surface area contributed by atoms with Crippen LogP contribution in [0, 0.1) is 12.8 Å². The molecule has 2 rings (SSSR count). The maximum Gasteiger partial charge on any atom is 0.257 e. The van der Waals surface area contributed by atoms with Gasteiger partial charge >= 0.3 is 0 Å². The van der Waals surface area contributed by atoms with E-state index in [1.165, 1.54) is 0 Å². The quantitative estimate of drug-likeness (QED) is 0.870. The first-order chi connectivity index (χ1) is 8.20. The van der Waals surface area contributed by atoms with E-state index in [2.05, 4.69) is 0 Å². The molecule has 4 nitrogen and oxygen atoms in total. The number of piperidine rings is 1. The van der Waals surface area contributed by atoms with Crippen molar-refractivity contribution in [1.29, 1.82) is 0 Å². The summed E-state index contributed by atoms with van der Waals surface area (Å²) >= 11 is 0. The van der Waals surface area contributed by atoms with Crippen molar-refractivity contribution >= 4 is 5.91 Å². The molecule has 0 aliphatic carbocycles. The Morgan fingerprint density at radius 2 is 2.24 bits per heavy atom. The number of furan rings is 1. The fraction of sp³-hybridized carbons (Fsp3) is 0.615. The molecule has 4 heteroatoms. The molecule has 0 spiro atoms. The van der Waals surface area contributed by atoms with Crippen LogP contribution in [0.4, 0.5) is 0 Å². The van der Waals surface area contributed by atoms with Gasteiger partial charge in [0.1, 0.15) is 12.0 Å². The third-order valence-electron chi connectivity index (χ3n) is 3.45. The lowest BCUT2D eigenvalue weighted by Crippen LogP contribution is -2.38. The van der Waals surface area contributed by atoms with Crippen LogP contribution in [-0.4, -0.2) is 30.4 Å². The Hall–Kier alpha value is -1.29. The lowest BCUT2D eigenvalue weighted by atomic mass is 9.93. The average molecular weight is 236 g/mol. The number of rotatable bonds is 3. The summed E-state index contributed by atoms with van der Waals surface area (Å²) < 4.78 is 5.17. The Morgan fingerprint density at radius 1 is 1.53 bits per heavy atom. The first kappa shape index (κ1) is 12.2. The highest BCUT2D eigenvalue weighted by Gasteiger charge is 2.23.